The normalized spacial score (nSPS) is 11.9. The molecule has 8 nitrogen and oxygen atoms in total. The van der Waals surface area contributed by atoms with Crippen LogP contribution in [0.15, 0.2) is 55.0 Å². The summed E-state index contributed by atoms with van der Waals surface area (Å²) in [6.07, 6.45) is 10.2. The molecule has 5 rings (SSSR count). The van der Waals surface area contributed by atoms with Gasteiger partial charge in [0.1, 0.15) is 17.3 Å². The van der Waals surface area contributed by atoms with E-state index in [2.05, 4.69) is 20.7 Å². The van der Waals surface area contributed by atoms with E-state index in [1.807, 2.05) is 6.92 Å². The SMILES string of the molecule is C1CC1.CCCn1cc(NC(=O)Cc2cc(C)c(Oc3ccnc4ccc(C(=O)NC)cc34)cc2F)cn1. The largest absolute Gasteiger partial charge is 0.456 e. The van der Waals surface area contributed by atoms with Gasteiger partial charge in [-0.3, -0.25) is 19.3 Å². The quantitative estimate of drug-likeness (QED) is 0.308. The fourth-order valence-electron chi connectivity index (χ4n) is 3.74. The Hall–Kier alpha value is -4.27. The number of ether oxygens (including phenoxy) is 1. The summed E-state index contributed by atoms with van der Waals surface area (Å²) in [4.78, 5) is 28.8. The van der Waals surface area contributed by atoms with Crippen molar-refractivity contribution in [3.63, 3.8) is 0 Å². The molecule has 1 fully saturated rings. The molecule has 1 saturated carbocycles. The molecule has 0 saturated heterocycles. The number of fused-ring (bicyclic) bond motifs is 1. The molecule has 4 aromatic rings. The van der Waals surface area contributed by atoms with Crippen molar-refractivity contribution in [2.75, 3.05) is 12.4 Å². The number of amides is 2. The molecule has 2 aromatic heterocycles. The van der Waals surface area contributed by atoms with E-state index < -0.39 is 5.82 Å². The van der Waals surface area contributed by atoms with Crippen molar-refractivity contribution < 1.29 is 18.7 Å². The summed E-state index contributed by atoms with van der Waals surface area (Å²) in [5.41, 5.74) is 2.60. The molecule has 0 bridgehead atoms. The van der Waals surface area contributed by atoms with Crippen LogP contribution in [0.5, 0.6) is 11.5 Å². The number of nitrogens with zero attached hydrogens (tertiary/aromatic N) is 3. The van der Waals surface area contributed by atoms with E-state index in [1.54, 1.807) is 67.6 Å². The van der Waals surface area contributed by atoms with Crippen LogP contribution in [-0.4, -0.2) is 33.6 Å². The van der Waals surface area contributed by atoms with E-state index in [4.69, 9.17) is 4.74 Å². The van der Waals surface area contributed by atoms with Crippen LogP contribution in [0.3, 0.4) is 0 Å². The highest BCUT2D eigenvalue weighted by atomic mass is 19.1. The van der Waals surface area contributed by atoms with Crippen molar-refractivity contribution in [2.45, 2.75) is 52.5 Å². The third-order valence-corrected chi connectivity index (χ3v) is 5.83. The summed E-state index contributed by atoms with van der Waals surface area (Å²) in [6.45, 7) is 4.58. The number of aromatic nitrogens is 3. The number of hydrogen-bond acceptors (Lipinski definition) is 5. The minimum absolute atomic E-state index is 0.125. The second-order valence-corrected chi connectivity index (χ2v) is 9.21. The number of carbonyl (C=O) groups is 2. The number of pyridine rings is 1. The molecular formula is C29H32FN5O3. The maximum Gasteiger partial charge on any atom is 0.251 e. The first-order chi connectivity index (χ1) is 18.4. The van der Waals surface area contributed by atoms with Gasteiger partial charge in [-0.15, -0.1) is 0 Å². The average Bonchev–Trinajstić information content (AvgIpc) is 3.74. The van der Waals surface area contributed by atoms with Gasteiger partial charge in [-0.25, -0.2) is 4.39 Å². The molecule has 1 aliphatic carbocycles. The van der Waals surface area contributed by atoms with Crippen LogP contribution in [0.25, 0.3) is 10.9 Å². The van der Waals surface area contributed by atoms with E-state index in [-0.39, 0.29) is 23.8 Å². The fourth-order valence-corrected chi connectivity index (χ4v) is 3.74. The Morgan fingerprint density at radius 1 is 1.11 bits per heavy atom. The number of benzene rings is 2. The van der Waals surface area contributed by atoms with Crippen molar-refractivity contribution in [1.82, 2.24) is 20.1 Å². The minimum Gasteiger partial charge on any atom is -0.456 e. The van der Waals surface area contributed by atoms with Gasteiger partial charge in [0, 0.05) is 43.0 Å². The van der Waals surface area contributed by atoms with Crippen LogP contribution in [0.1, 0.15) is 54.1 Å². The number of aryl methyl sites for hydroxylation is 2. The monoisotopic (exact) mass is 517 g/mol. The van der Waals surface area contributed by atoms with E-state index in [0.717, 1.165) is 13.0 Å². The lowest BCUT2D eigenvalue weighted by atomic mass is 10.1. The van der Waals surface area contributed by atoms with Crippen molar-refractivity contribution in [2.24, 2.45) is 0 Å². The topological polar surface area (TPSA) is 98.1 Å². The Morgan fingerprint density at radius 2 is 1.89 bits per heavy atom. The Kier molecular flexibility index (Phi) is 8.68. The van der Waals surface area contributed by atoms with Crippen molar-refractivity contribution in [1.29, 1.82) is 0 Å². The fraction of sp³-hybridized carbons (Fsp3) is 0.310. The number of hydrogen-bond donors (Lipinski definition) is 2. The van der Waals surface area contributed by atoms with E-state index >= 15 is 0 Å². The first-order valence-corrected chi connectivity index (χ1v) is 12.8. The van der Waals surface area contributed by atoms with Gasteiger partial charge in [0.25, 0.3) is 5.91 Å². The molecule has 2 heterocycles. The lowest BCUT2D eigenvalue weighted by Crippen LogP contribution is -2.17. The van der Waals surface area contributed by atoms with Crippen LogP contribution in [-0.2, 0) is 17.8 Å². The average molecular weight is 518 g/mol. The second kappa shape index (κ2) is 12.3. The zero-order valence-corrected chi connectivity index (χ0v) is 21.9. The molecule has 9 heteroatoms. The summed E-state index contributed by atoms with van der Waals surface area (Å²) < 4.78 is 22.7. The number of nitrogens with one attached hydrogen (secondary N) is 2. The second-order valence-electron chi connectivity index (χ2n) is 9.21. The maximum atomic E-state index is 14.9. The summed E-state index contributed by atoms with van der Waals surface area (Å²) >= 11 is 0. The van der Waals surface area contributed by atoms with Gasteiger partial charge in [-0.2, -0.15) is 5.10 Å². The standard InChI is InChI=1S/C26H26FN5O3.C3H6/c1-4-9-32-15-19(14-30-32)31-25(33)12-18-10-16(2)24(13-21(18)27)35-23-7-8-29-22-6-5-17(11-20(22)23)26(34)28-3;1-2-3-1/h5-8,10-11,13-15H,4,9,12H2,1-3H3,(H,28,34)(H,31,33);1-3H2. The summed E-state index contributed by atoms with van der Waals surface area (Å²) in [7, 11) is 1.56. The van der Waals surface area contributed by atoms with Gasteiger partial charge < -0.3 is 15.4 Å². The minimum atomic E-state index is -0.549. The molecule has 2 aromatic carbocycles. The molecule has 198 valence electrons. The van der Waals surface area contributed by atoms with Crippen LogP contribution in [0.2, 0.25) is 0 Å². The smallest absolute Gasteiger partial charge is 0.251 e. The number of rotatable bonds is 8. The molecular weight excluding hydrogens is 485 g/mol. The van der Waals surface area contributed by atoms with Crippen LogP contribution in [0.4, 0.5) is 10.1 Å². The number of halogens is 1. The molecule has 1 aliphatic rings. The molecule has 0 spiro atoms. The van der Waals surface area contributed by atoms with Crippen molar-refractivity contribution in [3.8, 4) is 11.5 Å². The first-order valence-electron chi connectivity index (χ1n) is 12.8. The predicted molar refractivity (Wildman–Crippen MR) is 145 cm³/mol. The summed E-state index contributed by atoms with van der Waals surface area (Å²) in [5.74, 6) is -0.367. The van der Waals surface area contributed by atoms with Crippen molar-refractivity contribution in [3.05, 3.63) is 77.5 Å². The van der Waals surface area contributed by atoms with E-state index in [0.29, 0.717) is 39.2 Å². The zero-order chi connectivity index (χ0) is 27.1. The highest BCUT2D eigenvalue weighted by molar-refractivity contribution is 5.99. The first kappa shape index (κ1) is 26.8. The zero-order valence-electron chi connectivity index (χ0n) is 21.9. The number of carbonyl (C=O) groups excluding carboxylic acids is 2. The van der Waals surface area contributed by atoms with Gasteiger partial charge >= 0.3 is 0 Å². The molecule has 2 amide bonds. The summed E-state index contributed by atoms with van der Waals surface area (Å²) in [6, 6.07) is 9.62. The van der Waals surface area contributed by atoms with Crippen molar-refractivity contribution >= 4 is 28.4 Å². The number of anilines is 1. The van der Waals surface area contributed by atoms with Gasteiger partial charge in [0.15, 0.2) is 0 Å². The van der Waals surface area contributed by atoms with Crippen LogP contribution >= 0.6 is 0 Å². The van der Waals surface area contributed by atoms with Gasteiger partial charge in [0.2, 0.25) is 5.91 Å². The molecule has 38 heavy (non-hydrogen) atoms. The highest BCUT2D eigenvalue weighted by Crippen LogP contribution is 2.32. The Morgan fingerprint density at radius 3 is 2.61 bits per heavy atom. The molecule has 0 atom stereocenters. The lowest BCUT2D eigenvalue weighted by molar-refractivity contribution is -0.115. The third kappa shape index (κ3) is 6.94. The van der Waals surface area contributed by atoms with Gasteiger partial charge in [-0.05, 0) is 54.8 Å². The van der Waals surface area contributed by atoms with Gasteiger partial charge in [0.05, 0.1) is 23.8 Å². The molecule has 0 radical (unpaired) electrons. The van der Waals surface area contributed by atoms with Crippen LogP contribution < -0.4 is 15.4 Å². The molecule has 0 unspecified atom stereocenters. The summed E-state index contributed by atoms with van der Waals surface area (Å²) in [5, 5.41) is 10.1. The van der Waals surface area contributed by atoms with Gasteiger partial charge in [-0.1, -0.05) is 26.2 Å². The Balaban J connectivity index is 0.00000105. The Labute approximate surface area is 221 Å². The third-order valence-electron chi connectivity index (χ3n) is 5.83. The molecule has 2 N–H and O–H groups in total. The predicted octanol–water partition coefficient (Wildman–Crippen LogP) is 5.79. The molecule has 0 aliphatic heterocycles. The highest BCUT2D eigenvalue weighted by Gasteiger charge is 2.15. The maximum absolute atomic E-state index is 14.9. The van der Waals surface area contributed by atoms with E-state index in [9.17, 15) is 14.0 Å². The van der Waals surface area contributed by atoms with Crippen LogP contribution in [0, 0.1) is 12.7 Å². The Bertz CT molecular complexity index is 1440. The van der Waals surface area contributed by atoms with E-state index in [1.165, 1.54) is 25.3 Å². The lowest BCUT2D eigenvalue weighted by Gasteiger charge is -2.13.